The van der Waals surface area contributed by atoms with Crippen LogP contribution in [0.3, 0.4) is 0 Å². The molecule has 0 spiro atoms. The number of rotatable bonds is 0. The van der Waals surface area contributed by atoms with Gasteiger partial charge in [-0.15, -0.1) is 0 Å². The summed E-state index contributed by atoms with van der Waals surface area (Å²) in [5.74, 6) is 0.256. The van der Waals surface area contributed by atoms with Gasteiger partial charge in [0.05, 0.1) is 0 Å². The van der Waals surface area contributed by atoms with Gasteiger partial charge in [-0.05, 0) is 12.8 Å². The molecule has 5 nitrogen and oxygen atoms in total. The minimum Gasteiger partial charge on any atom is -0.370 e. The first kappa shape index (κ1) is 8.83. The Kier molecular flexibility index (Phi) is 2.52. The van der Waals surface area contributed by atoms with Crippen LogP contribution in [-0.4, -0.2) is 41.9 Å². The van der Waals surface area contributed by atoms with E-state index >= 15 is 0 Å². The Morgan fingerprint density at radius 2 is 1.83 bits per heavy atom. The molecule has 0 bridgehead atoms. The SMILES string of the molecule is CN(C(=N)N)C(=N)N1CCCC1. The standard InChI is InChI=1S/C7H15N5/c1-11(6(8)9)7(10)12-4-2-3-5-12/h10H,2-5H2,1H3,(H3,8,9). The van der Waals surface area contributed by atoms with E-state index in [1.54, 1.807) is 7.05 Å². The van der Waals surface area contributed by atoms with Crippen LogP contribution >= 0.6 is 0 Å². The van der Waals surface area contributed by atoms with Crippen LogP contribution in [-0.2, 0) is 0 Å². The summed E-state index contributed by atoms with van der Waals surface area (Å²) < 4.78 is 0. The highest BCUT2D eigenvalue weighted by Crippen LogP contribution is 2.08. The molecule has 0 radical (unpaired) electrons. The Labute approximate surface area is 72.2 Å². The number of hydrogen-bond acceptors (Lipinski definition) is 2. The number of likely N-dealkylation sites (tertiary alicyclic amines) is 1. The number of guanidine groups is 2. The molecule has 0 aromatic heterocycles. The lowest BCUT2D eigenvalue weighted by Gasteiger charge is -2.25. The molecule has 4 N–H and O–H groups in total. The van der Waals surface area contributed by atoms with Gasteiger partial charge in [-0.3, -0.25) is 15.7 Å². The predicted molar refractivity (Wildman–Crippen MR) is 48.2 cm³/mol. The molecule has 1 heterocycles. The third kappa shape index (κ3) is 1.66. The van der Waals surface area contributed by atoms with Crippen LogP contribution < -0.4 is 5.73 Å². The predicted octanol–water partition coefficient (Wildman–Crippen LogP) is -0.158. The second-order valence-electron chi connectivity index (χ2n) is 2.96. The van der Waals surface area contributed by atoms with Crippen LogP contribution in [0.2, 0.25) is 0 Å². The van der Waals surface area contributed by atoms with Gasteiger partial charge in [0.25, 0.3) is 0 Å². The second-order valence-corrected chi connectivity index (χ2v) is 2.96. The molecule has 0 unspecified atom stereocenters. The van der Waals surface area contributed by atoms with Gasteiger partial charge < -0.3 is 10.6 Å². The highest BCUT2D eigenvalue weighted by molar-refractivity contribution is 5.94. The lowest BCUT2D eigenvalue weighted by atomic mass is 10.4. The summed E-state index contributed by atoms with van der Waals surface area (Å²) in [5.41, 5.74) is 5.25. The van der Waals surface area contributed by atoms with Crippen LogP contribution in [0.5, 0.6) is 0 Å². The lowest BCUT2D eigenvalue weighted by molar-refractivity contribution is 0.454. The first-order chi connectivity index (χ1) is 5.63. The maximum Gasteiger partial charge on any atom is 0.200 e. The van der Waals surface area contributed by atoms with E-state index in [-0.39, 0.29) is 5.96 Å². The van der Waals surface area contributed by atoms with Gasteiger partial charge in [-0.1, -0.05) is 0 Å². The van der Waals surface area contributed by atoms with E-state index in [9.17, 15) is 0 Å². The molecule has 1 fully saturated rings. The van der Waals surface area contributed by atoms with Crippen molar-refractivity contribution < 1.29 is 0 Å². The average molecular weight is 169 g/mol. The van der Waals surface area contributed by atoms with Gasteiger partial charge in [-0.25, -0.2) is 0 Å². The minimum atomic E-state index is -0.0769. The lowest BCUT2D eigenvalue weighted by Crippen LogP contribution is -2.46. The van der Waals surface area contributed by atoms with E-state index < -0.39 is 0 Å². The molecule has 1 aliphatic heterocycles. The molecule has 0 atom stereocenters. The molecule has 1 saturated heterocycles. The number of hydrogen-bond donors (Lipinski definition) is 3. The second kappa shape index (κ2) is 3.42. The monoisotopic (exact) mass is 169 g/mol. The fraction of sp³-hybridized carbons (Fsp3) is 0.714. The Morgan fingerprint density at radius 3 is 2.25 bits per heavy atom. The largest absolute Gasteiger partial charge is 0.370 e. The van der Waals surface area contributed by atoms with Crippen LogP contribution in [0.1, 0.15) is 12.8 Å². The van der Waals surface area contributed by atoms with E-state index in [2.05, 4.69) is 0 Å². The molecular weight excluding hydrogens is 154 g/mol. The molecule has 0 amide bonds. The van der Waals surface area contributed by atoms with Crippen molar-refractivity contribution in [1.82, 2.24) is 9.80 Å². The molecule has 5 heteroatoms. The molecule has 12 heavy (non-hydrogen) atoms. The van der Waals surface area contributed by atoms with E-state index in [0.29, 0.717) is 5.96 Å². The molecule has 68 valence electrons. The quantitative estimate of drug-likeness (QED) is 0.348. The van der Waals surface area contributed by atoms with E-state index in [4.69, 9.17) is 16.6 Å². The molecule has 1 rings (SSSR count). The highest BCUT2D eigenvalue weighted by atomic mass is 15.4. The summed E-state index contributed by atoms with van der Waals surface area (Å²) in [6.45, 7) is 1.83. The van der Waals surface area contributed by atoms with Gasteiger partial charge in [0.15, 0.2) is 11.9 Å². The molecule has 0 aromatic rings. The first-order valence-corrected chi connectivity index (χ1v) is 4.04. The Balaban J connectivity index is 2.51. The normalized spacial score (nSPS) is 16.2. The van der Waals surface area contributed by atoms with Crippen molar-refractivity contribution in [2.75, 3.05) is 20.1 Å². The van der Waals surface area contributed by atoms with Crippen LogP contribution in [0.4, 0.5) is 0 Å². The van der Waals surface area contributed by atoms with E-state index in [1.807, 2.05) is 4.90 Å². The van der Waals surface area contributed by atoms with Crippen LogP contribution in [0.15, 0.2) is 0 Å². The summed E-state index contributed by atoms with van der Waals surface area (Å²) >= 11 is 0. The van der Waals surface area contributed by atoms with Crippen molar-refractivity contribution in [2.24, 2.45) is 5.73 Å². The van der Waals surface area contributed by atoms with Gasteiger partial charge in [0.2, 0.25) is 0 Å². The van der Waals surface area contributed by atoms with Crippen molar-refractivity contribution in [2.45, 2.75) is 12.8 Å². The van der Waals surface area contributed by atoms with E-state index in [0.717, 1.165) is 25.9 Å². The van der Waals surface area contributed by atoms with Gasteiger partial charge in [-0.2, -0.15) is 0 Å². The molecule has 0 saturated carbocycles. The summed E-state index contributed by atoms with van der Waals surface area (Å²) in [5, 5.41) is 14.8. The number of nitrogens with one attached hydrogen (secondary N) is 2. The molecular formula is C7H15N5. The van der Waals surface area contributed by atoms with Crippen molar-refractivity contribution in [3.63, 3.8) is 0 Å². The fourth-order valence-electron chi connectivity index (χ4n) is 1.26. The highest BCUT2D eigenvalue weighted by Gasteiger charge is 2.18. The topological polar surface area (TPSA) is 80.2 Å². The number of nitrogens with zero attached hydrogens (tertiary/aromatic N) is 2. The van der Waals surface area contributed by atoms with E-state index in [1.165, 1.54) is 4.90 Å². The summed E-state index contributed by atoms with van der Waals surface area (Å²) in [7, 11) is 1.64. The Bertz CT molecular complexity index is 194. The minimum absolute atomic E-state index is 0.0769. The molecule has 1 aliphatic rings. The van der Waals surface area contributed by atoms with Gasteiger partial charge >= 0.3 is 0 Å². The molecule has 0 aromatic carbocycles. The van der Waals surface area contributed by atoms with Crippen molar-refractivity contribution in [3.8, 4) is 0 Å². The summed E-state index contributed by atoms with van der Waals surface area (Å²) in [4.78, 5) is 3.31. The molecule has 0 aliphatic carbocycles. The smallest absolute Gasteiger partial charge is 0.200 e. The maximum atomic E-state index is 7.65. The van der Waals surface area contributed by atoms with Crippen molar-refractivity contribution >= 4 is 11.9 Å². The first-order valence-electron chi connectivity index (χ1n) is 4.04. The third-order valence-corrected chi connectivity index (χ3v) is 2.08. The zero-order valence-corrected chi connectivity index (χ0v) is 7.30. The summed E-state index contributed by atoms with van der Waals surface area (Å²) in [6, 6.07) is 0. The maximum absolute atomic E-state index is 7.65. The summed E-state index contributed by atoms with van der Waals surface area (Å²) in [6.07, 6.45) is 2.27. The third-order valence-electron chi connectivity index (χ3n) is 2.08. The van der Waals surface area contributed by atoms with Crippen molar-refractivity contribution in [3.05, 3.63) is 0 Å². The zero-order valence-electron chi connectivity index (χ0n) is 7.30. The van der Waals surface area contributed by atoms with Crippen LogP contribution in [0, 0.1) is 10.8 Å². The van der Waals surface area contributed by atoms with Crippen LogP contribution in [0.25, 0.3) is 0 Å². The average Bonchev–Trinajstić information content (AvgIpc) is 2.53. The Hall–Kier alpha value is -1.26. The van der Waals surface area contributed by atoms with Gasteiger partial charge in [0.1, 0.15) is 0 Å². The number of nitrogens with two attached hydrogens (primary N) is 1. The van der Waals surface area contributed by atoms with Crippen molar-refractivity contribution in [1.29, 1.82) is 10.8 Å². The van der Waals surface area contributed by atoms with Gasteiger partial charge in [0, 0.05) is 20.1 Å². The fourth-order valence-corrected chi connectivity index (χ4v) is 1.26. The zero-order chi connectivity index (χ0) is 9.14. The Morgan fingerprint density at radius 1 is 1.33 bits per heavy atom.